The standard InChI is InChI=1S/C12H14Br2ClNO/c1-8(13)3-2-6-16-12(17)10-7-9(15)4-5-11(10)14/h4-5,7-8H,2-3,6H2,1H3,(H,16,17). The van der Waals surface area contributed by atoms with Gasteiger partial charge < -0.3 is 5.32 Å². The number of hydrogen-bond acceptors (Lipinski definition) is 1. The van der Waals surface area contributed by atoms with Crippen molar-refractivity contribution in [3.63, 3.8) is 0 Å². The molecule has 0 aliphatic heterocycles. The van der Waals surface area contributed by atoms with E-state index in [0.717, 1.165) is 17.3 Å². The lowest BCUT2D eigenvalue weighted by Crippen LogP contribution is -2.25. The molecule has 5 heteroatoms. The predicted molar refractivity (Wildman–Crippen MR) is 79.1 cm³/mol. The Morgan fingerprint density at radius 2 is 2.24 bits per heavy atom. The molecule has 0 radical (unpaired) electrons. The zero-order chi connectivity index (χ0) is 12.8. The number of carbonyl (C=O) groups excluding carboxylic acids is 1. The van der Waals surface area contributed by atoms with Crippen LogP contribution in [0.2, 0.25) is 5.02 Å². The number of amides is 1. The lowest BCUT2D eigenvalue weighted by Gasteiger charge is -2.08. The summed E-state index contributed by atoms with van der Waals surface area (Å²) >= 11 is 12.7. The Morgan fingerprint density at radius 1 is 1.53 bits per heavy atom. The average molecular weight is 384 g/mol. The summed E-state index contributed by atoms with van der Waals surface area (Å²) in [6, 6.07) is 5.18. The van der Waals surface area contributed by atoms with E-state index in [4.69, 9.17) is 11.6 Å². The molecule has 0 aliphatic rings. The molecule has 0 bridgehead atoms. The Hall–Kier alpha value is -0.0600. The summed E-state index contributed by atoms with van der Waals surface area (Å²) in [5.41, 5.74) is 0.574. The van der Waals surface area contributed by atoms with E-state index in [9.17, 15) is 4.79 Å². The minimum Gasteiger partial charge on any atom is -0.352 e. The molecule has 0 spiro atoms. The van der Waals surface area contributed by atoms with Crippen LogP contribution in [0.15, 0.2) is 22.7 Å². The first kappa shape index (κ1) is 15.0. The maximum absolute atomic E-state index is 11.9. The van der Waals surface area contributed by atoms with E-state index in [-0.39, 0.29) is 5.91 Å². The first-order valence-electron chi connectivity index (χ1n) is 5.38. The number of carbonyl (C=O) groups is 1. The van der Waals surface area contributed by atoms with Crippen LogP contribution in [0.1, 0.15) is 30.1 Å². The normalized spacial score (nSPS) is 12.2. The summed E-state index contributed by atoms with van der Waals surface area (Å²) in [5.74, 6) is -0.0957. The Morgan fingerprint density at radius 3 is 2.88 bits per heavy atom. The van der Waals surface area contributed by atoms with Gasteiger partial charge in [-0.3, -0.25) is 4.79 Å². The summed E-state index contributed by atoms with van der Waals surface area (Å²) in [4.78, 5) is 12.3. The average Bonchev–Trinajstić information content (AvgIpc) is 2.27. The van der Waals surface area contributed by atoms with Gasteiger partial charge in [-0.1, -0.05) is 34.5 Å². The summed E-state index contributed by atoms with van der Waals surface area (Å²) in [7, 11) is 0. The second kappa shape index (κ2) is 7.39. The third kappa shape index (κ3) is 5.40. The largest absolute Gasteiger partial charge is 0.352 e. The van der Waals surface area contributed by atoms with Crippen molar-refractivity contribution < 1.29 is 4.79 Å². The Balaban J connectivity index is 2.49. The minimum atomic E-state index is -0.0957. The van der Waals surface area contributed by atoms with Crippen LogP contribution in [-0.4, -0.2) is 17.3 Å². The Labute approximate surface area is 123 Å². The van der Waals surface area contributed by atoms with Gasteiger partial charge in [0.15, 0.2) is 0 Å². The summed E-state index contributed by atoms with van der Waals surface area (Å²) in [6.45, 7) is 2.77. The molecular formula is C12H14Br2ClNO. The molecule has 0 aliphatic carbocycles. The zero-order valence-electron chi connectivity index (χ0n) is 9.47. The van der Waals surface area contributed by atoms with Gasteiger partial charge in [0.2, 0.25) is 0 Å². The summed E-state index contributed by atoms with van der Waals surface area (Å²) in [5, 5.41) is 3.44. The quantitative estimate of drug-likeness (QED) is 0.593. The number of hydrogen-bond donors (Lipinski definition) is 1. The molecule has 0 saturated heterocycles. The van der Waals surface area contributed by atoms with E-state index in [1.54, 1.807) is 18.2 Å². The van der Waals surface area contributed by atoms with Crippen molar-refractivity contribution in [1.82, 2.24) is 5.32 Å². The fourth-order valence-electron chi connectivity index (χ4n) is 1.35. The molecular weight excluding hydrogens is 369 g/mol. The third-order valence-corrected chi connectivity index (χ3v) is 3.62. The number of nitrogens with one attached hydrogen (secondary N) is 1. The second-order valence-corrected chi connectivity index (χ2v) is 6.66. The van der Waals surface area contributed by atoms with E-state index in [2.05, 4.69) is 44.1 Å². The van der Waals surface area contributed by atoms with Crippen LogP contribution in [0.25, 0.3) is 0 Å². The SMILES string of the molecule is CC(Br)CCCNC(=O)c1cc(Cl)ccc1Br. The van der Waals surface area contributed by atoms with Crippen molar-refractivity contribution in [2.75, 3.05) is 6.54 Å². The van der Waals surface area contributed by atoms with E-state index in [1.807, 2.05) is 0 Å². The highest BCUT2D eigenvalue weighted by Crippen LogP contribution is 2.21. The molecule has 2 nitrogen and oxygen atoms in total. The molecule has 1 rings (SSSR count). The van der Waals surface area contributed by atoms with Crippen LogP contribution in [0.4, 0.5) is 0 Å². The highest BCUT2D eigenvalue weighted by Gasteiger charge is 2.09. The summed E-state index contributed by atoms with van der Waals surface area (Å²) in [6.07, 6.45) is 1.99. The van der Waals surface area contributed by atoms with Gasteiger partial charge in [0, 0.05) is 20.9 Å². The highest BCUT2D eigenvalue weighted by molar-refractivity contribution is 9.10. The van der Waals surface area contributed by atoms with Crippen LogP contribution >= 0.6 is 43.5 Å². The molecule has 0 fully saturated rings. The van der Waals surface area contributed by atoms with Gasteiger partial charge in [0.05, 0.1) is 5.56 Å². The van der Waals surface area contributed by atoms with E-state index in [1.165, 1.54) is 0 Å². The Bertz CT molecular complexity index is 396. The molecule has 1 amide bonds. The van der Waals surface area contributed by atoms with Crippen molar-refractivity contribution in [2.45, 2.75) is 24.6 Å². The van der Waals surface area contributed by atoms with Gasteiger partial charge in [0.25, 0.3) is 5.91 Å². The van der Waals surface area contributed by atoms with Crippen LogP contribution in [0, 0.1) is 0 Å². The molecule has 94 valence electrons. The molecule has 0 saturated carbocycles. The van der Waals surface area contributed by atoms with Crippen LogP contribution < -0.4 is 5.32 Å². The van der Waals surface area contributed by atoms with Gasteiger partial charge in [-0.25, -0.2) is 0 Å². The van der Waals surface area contributed by atoms with Crippen molar-refractivity contribution >= 4 is 49.4 Å². The lowest BCUT2D eigenvalue weighted by molar-refractivity contribution is 0.0952. The molecule has 0 heterocycles. The van der Waals surface area contributed by atoms with Crippen molar-refractivity contribution in [3.8, 4) is 0 Å². The first-order chi connectivity index (χ1) is 8.00. The minimum absolute atomic E-state index is 0.0957. The van der Waals surface area contributed by atoms with E-state index >= 15 is 0 Å². The molecule has 1 aromatic rings. The van der Waals surface area contributed by atoms with Crippen LogP contribution in [-0.2, 0) is 0 Å². The monoisotopic (exact) mass is 381 g/mol. The van der Waals surface area contributed by atoms with Gasteiger partial charge in [-0.2, -0.15) is 0 Å². The number of rotatable bonds is 5. The molecule has 1 N–H and O–H groups in total. The molecule has 1 unspecified atom stereocenters. The topological polar surface area (TPSA) is 29.1 Å². The maximum atomic E-state index is 11.9. The van der Waals surface area contributed by atoms with Crippen LogP contribution in [0.5, 0.6) is 0 Å². The Kier molecular flexibility index (Phi) is 6.52. The molecule has 1 aromatic carbocycles. The highest BCUT2D eigenvalue weighted by atomic mass is 79.9. The number of benzene rings is 1. The molecule has 17 heavy (non-hydrogen) atoms. The number of alkyl halides is 1. The lowest BCUT2D eigenvalue weighted by atomic mass is 10.2. The smallest absolute Gasteiger partial charge is 0.252 e. The first-order valence-corrected chi connectivity index (χ1v) is 7.46. The molecule has 0 aromatic heterocycles. The van der Waals surface area contributed by atoms with Crippen molar-refractivity contribution in [2.24, 2.45) is 0 Å². The maximum Gasteiger partial charge on any atom is 0.252 e. The van der Waals surface area contributed by atoms with E-state index in [0.29, 0.717) is 22.0 Å². The van der Waals surface area contributed by atoms with Gasteiger partial charge in [0.1, 0.15) is 0 Å². The van der Waals surface area contributed by atoms with E-state index < -0.39 is 0 Å². The van der Waals surface area contributed by atoms with Crippen molar-refractivity contribution in [3.05, 3.63) is 33.3 Å². The van der Waals surface area contributed by atoms with Gasteiger partial charge >= 0.3 is 0 Å². The van der Waals surface area contributed by atoms with Crippen LogP contribution in [0.3, 0.4) is 0 Å². The number of halogens is 3. The molecule has 1 atom stereocenters. The van der Waals surface area contributed by atoms with Gasteiger partial charge in [-0.15, -0.1) is 0 Å². The fraction of sp³-hybridized carbons (Fsp3) is 0.417. The predicted octanol–water partition coefficient (Wildman–Crippen LogP) is 4.40. The second-order valence-electron chi connectivity index (χ2n) is 3.80. The fourth-order valence-corrected chi connectivity index (χ4v) is 2.27. The third-order valence-electron chi connectivity index (χ3n) is 2.24. The summed E-state index contributed by atoms with van der Waals surface area (Å²) < 4.78 is 0.758. The zero-order valence-corrected chi connectivity index (χ0v) is 13.4. The van der Waals surface area contributed by atoms with Crippen molar-refractivity contribution in [1.29, 1.82) is 0 Å². The van der Waals surface area contributed by atoms with Gasteiger partial charge in [-0.05, 0) is 47.0 Å².